The maximum atomic E-state index is 12.6. The minimum Gasteiger partial charge on any atom is -0.340 e. The van der Waals surface area contributed by atoms with Crippen LogP contribution in [0, 0.1) is 0 Å². The molecule has 0 N–H and O–H groups in total. The topological polar surface area (TPSA) is 36.4 Å². The smallest absolute Gasteiger partial charge is 0.272 e. The molecular formula is C20H25N3O. The van der Waals surface area contributed by atoms with Crippen LogP contribution in [0.5, 0.6) is 0 Å². The normalized spacial score (nSPS) is 16.1. The van der Waals surface area contributed by atoms with Gasteiger partial charge < -0.3 is 9.80 Å². The molecule has 0 saturated heterocycles. The fourth-order valence-corrected chi connectivity index (χ4v) is 3.34. The Morgan fingerprint density at radius 2 is 2.12 bits per heavy atom. The average Bonchev–Trinajstić information content (AvgIpc) is 2.94. The number of anilines is 2. The van der Waals surface area contributed by atoms with Crippen molar-refractivity contribution in [2.75, 3.05) is 18.5 Å². The fourth-order valence-electron chi connectivity index (χ4n) is 3.34. The van der Waals surface area contributed by atoms with Crippen LogP contribution in [0.3, 0.4) is 0 Å². The Hall–Kier alpha value is -2.36. The Kier molecular flexibility index (Phi) is 4.84. The molecule has 0 fully saturated rings. The number of nitrogens with zero attached hydrogens (tertiary/aromatic N) is 3. The van der Waals surface area contributed by atoms with Gasteiger partial charge in [-0.15, -0.1) is 0 Å². The van der Waals surface area contributed by atoms with Crippen LogP contribution in [0.15, 0.2) is 42.6 Å². The van der Waals surface area contributed by atoms with Gasteiger partial charge in [0, 0.05) is 37.2 Å². The summed E-state index contributed by atoms with van der Waals surface area (Å²) in [6.45, 7) is 5.11. The number of hydrogen-bond donors (Lipinski definition) is 0. The van der Waals surface area contributed by atoms with E-state index in [0.29, 0.717) is 11.7 Å². The second-order valence-electron chi connectivity index (χ2n) is 6.53. The monoisotopic (exact) mass is 323 g/mol. The van der Waals surface area contributed by atoms with E-state index in [2.05, 4.69) is 48.0 Å². The van der Waals surface area contributed by atoms with Crippen LogP contribution >= 0.6 is 0 Å². The number of hydrogen-bond acceptors (Lipinski definition) is 3. The number of fused-ring (bicyclic) bond motifs is 1. The molecule has 1 unspecified atom stereocenters. The van der Waals surface area contributed by atoms with E-state index in [1.54, 1.807) is 11.1 Å². The van der Waals surface area contributed by atoms with Gasteiger partial charge in [0.15, 0.2) is 0 Å². The molecule has 3 rings (SSSR count). The van der Waals surface area contributed by atoms with Crippen LogP contribution in [0.25, 0.3) is 0 Å². The summed E-state index contributed by atoms with van der Waals surface area (Å²) in [5.74, 6) is -0.00886. The Morgan fingerprint density at radius 1 is 1.33 bits per heavy atom. The molecule has 1 atom stereocenters. The summed E-state index contributed by atoms with van der Waals surface area (Å²) in [5.41, 5.74) is 4.14. The number of benzene rings is 1. The highest BCUT2D eigenvalue weighted by molar-refractivity contribution is 5.93. The molecule has 1 aliphatic heterocycles. The van der Waals surface area contributed by atoms with E-state index in [0.717, 1.165) is 31.5 Å². The Morgan fingerprint density at radius 3 is 2.92 bits per heavy atom. The molecule has 0 bridgehead atoms. The zero-order chi connectivity index (χ0) is 17.1. The number of carbonyl (C=O) groups excluding carboxylic acids is 1. The predicted octanol–water partition coefficient (Wildman–Crippen LogP) is 4.04. The average molecular weight is 323 g/mol. The zero-order valence-corrected chi connectivity index (χ0v) is 14.7. The number of carbonyl (C=O) groups is 1. The Labute approximate surface area is 144 Å². The molecule has 1 amide bonds. The van der Waals surface area contributed by atoms with Crippen molar-refractivity contribution in [2.24, 2.45) is 0 Å². The van der Waals surface area contributed by atoms with E-state index in [1.807, 2.05) is 19.2 Å². The third kappa shape index (κ3) is 3.14. The number of para-hydroxylation sites is 1. The molecule has 0 aliphatic carbocycles. The molecule has 126 valence electrons. The minimum absolute atomic E-state index is 0.00886. The molecule has 4 nitrogen and oxygen atoms in total. The lowest BCUT2D eigenvalue weighted by Gasteiger charge is -2.25. The highest BCUT2D eigenvalue weighted by atomic mass is 16.2. The van der Waals surface area contributed by atoms with E-state index >= 15 is 0 Å². The van der Waals surface area contributed by atoms with Gasteiger partial charge in [-0.3, -0.25) is 9.78 Å². The quantitative estimate of drug-likeness (QED) is 0.833. The molecular weight excluding hydrogens is 298 g/mol. The van der Waals surface area contributed by atoms with Gasteiger partial charge in [0.05, 0.1) is 0 Å². The first kappa shape index (κ1) is 16.5. The number of unbranched alkanes of at least 4 members (excludes halogenated alkanes) is 1. The van der Waals surface area contributed by atoms with Gasteiger partial charge in [-0.1, -0.05) is 31.5 Å². The first-order chi connectivity index (χ1) is 11.6. The highest BCUT2D eigenvalue weighted by Crippen LogP contribution is 2.38. The molecule has 0 spiro atoms. The number of rotatable bonds is 5. The summed E-state index contributed by atoms with van der Waals surface area (Å²) in [5, 5.41) is 0. The van der Waals surface area contributed by atoms with Crippen LogP contribution in [0.2, 0.25) is 0 Å². The van der Waals surface area contributed by atoms with Gasteiger partial charge in [0.25, 0.3) is 5.91 Å². The predicted molar refractivity (Wildman–Crippen MR) is 97.9 cm³/mol. The van der Waals surface area contributed by atoms with Crippen molar-refractivity contribution in [2.45, 2.75) is 39.2 Å². The third-order valence-electron chi connectivity index (χ3n) is 4.64. The van der Waals surface area contributed by atoms with Gasteiger partial charge in [-0.05, 0) is 43.5 Å². The first-order valence-electron chi connectivity index (χ1n) is 8.70. The summed E-state index contributed by atoms with van der Waals surface area (Å²) >= 11 is 0. The number of aromatic nitrogens is 1. The van der Waals surface area contributed by atoms with Crippen LogP contribution < -0.4 is 4.90 Å². The molecule has 4 heteroatoms. The Bertz CT molecular complexity index is 728. The lowest BCUT2D eigenvalue weighted by atomic mass is 10.1. The number of amides is 1. The maximum absolute atomic E-state index is 12.6. The molecule has 0 saturated carbocycles. The second-order valence-corrected chi connectivity index (χ2v) is 6.53. The van der Waals surface area contributed by atoms with E-state index in [4.69, 9.17) is 0 Å². The summed E-state index contributed by atoms with van der Waals surface area (Å²) in [4.78, 5) is 21.0. The van der Waals surface area contributed by atoms with Gasteiger partial charge >= 0.3 is 0 Å². The summed E-state index contributed by atoms with van der Waals surface area (Å²) < 4.78 is 0. The summed E-state index contributed by atoms with van der Waals surface area (Å²) in [7, 11) is 1.85. The van der Waals surface area contributed by atoms with E-state index in [9.17, 15) is 4.79 Å². The first-order valence-corrected chi connectivity index (χ1v) is 8.70. The van der Waals surface area contributed by atoms with Crippen LogP contribution in [0.4, 0.5) is 11.4 Å². The maximum Gasteiger partial charge on any atom is 0.272 e. The van der Waals surface area contributed by atoms with Crippen molar-refractivity contribution in [1.82, 2.24) is 9.88 Å². The van der Waals surface area contributed by atoms with Gasteiger partial charge in [0.2, 0.25) is 0 Å². The lowest BCUT2D eigenvalue weighted by Crippen LogP contribution is -2.29. The fraction of sp³-hybridized carbons (Fsp3) is 0.400. The van der Waals surface area contributed by atoms with E-state index < -0.39 is 0 Å². The molecule has 2 heterocycles. The molecule has 0 radical (unpaired) electrons. The largest absolute Gasteiger partial charge is 0.340 e. The number of pyridine rings is 1. The molecule has 1 aromatic carbocycles. The van der Waals surface area contributed by atoms with E-state index in [1.165, 1.54) is 11.3 Å². The van der Waals surface area contributed by atoms with Gasteiger partial charge in [0.1, 0.15) is 5.69 Å². The van der Waals surface area contributed by atoms with Crippen molar-refractivity contribution in [3.63, 3.8) is 0 Å². The SMILES string of the molecule is CCCCN(C)C(=O)c1cc(N2c3ccccc3CC2C)ccn1. The third-order valence-corrected chi connectivity index (χ3v) is 4.64. The molecule has 2 aromatic rings. The Balaban J connectivity index is 1.87. The van der Waals surface area contributed by atoms with Crippen molar-refractivity contribution in [3.05, 3.63) is 53.9 Å². The van der Waals surface area contributed by atoms with Crippen LogP contribution in [-0.4, -0.2) is 35.4 Å². The van der Waals surface area contributed by atoms with Gasteiger partial charge in [-0.2, -0.15) is 0 Å². The van der Waals surface area contributed by atoms with Crippen molar-refractivity contribution < 1.29 is 4.79 Å². The standard InChI is InChI=1S/C20H25N3O/c1-4-5-12-22(3)20(24)18-14-17(10-11-21-18)23-15(2)13-16-8-6-7-9-19(16)23/h6-11,14-15H,4-5,12-13H2,1-3H3. The van der Waals surface area contributed by atoms with Crippen LogP contribution in [-0.2, 0) is 6.42 Å². The van der Waals surface area contributed by atoms with Gasteiger partial charge in [-0.25, -0.2) is 0 Å². The summed E-state index contributed by atoms with van der Waals surface area (Å²) in [6, 6.07) is 12.8. The zero-order valence-electron chi connectivity index (χ0n) is 14.7. The minimum atomic E-state index is -0.00886. The summed E-state index contributed by atoms with van der Waals surface area (Å²) in [6.07, 6.45) is 4.85. The second kappa shape index (κ2) is 7.04. The molecule has 24 heavy (non-hydrogen) atoms. The van der Waals surface area contributed by atoms with Crippen molar-refractivity contribution >= 4 is 17.3 Å². The lowest BCUT2D eigenvalue weighted by molar-refractivity contribution is 0.0787. The van der Waals surface area contributed by atoms with Crippen LogP contribution in [0.1, 0.15) is 42.7 Å². The molecule has 1 aromatic heterocycles. The van der Waals surface area contributed by atoms with E-state index in [-0.39, 0.29) is 5.91 Å². The van der Waals surface area contributed by atoms with Crippen molar-refractivity contribution in [3.8, 4) is 0 Å². The highest BCUT2D eigenvalue weighted by Gasteiger charge is 2.27. The van der Waals surface area contributed by atoms with Crippen molar-refractivity contribution in [1.29, 1.82) is 0 Å². The molecule has 1 aliphatic rings.